The molecule has 22 heavy (non-hydrogen) atoms. The van der Waals surface area contributed by atoms with Gasteiger partial charge in [0.05, 0.1) is 11.2 Å². The van der Waals surface area contributed by atoms with E-state index in [1.165, 1.54) is 0 Å². The highest BCUT2D eigenvalue weighted by Crippen LogP contribution is 2.35. The number of ether oxygens (including phenoxy) is 1. The molecule has 5 heteroatoms. The summed E-state index contributed by atoms with van der Waals surface area (Å²) in [6, 6.07) is 14.5. The first kappa shape index (κ1) is 14.3. The number of carbonyl (C=O) groups excluding carboxylic acids is 1. The third kappa shape index (κ3) is 2.83. The SMILES string of the molecule is Cc1ccc(C(=O)NCCC2Oc3ccccc3[N+]2=O)cc1. The summed E-state index contributed by atoms with van der Waals surface area (Å²) in [4.78, 5) is 24.0. The second-order valence-electron chi connectivity index (χ2n) is 5.28. The van der Waals surface area contributed by atoms with Crippen LogP contribution in [0.25, 0.3) is 0 Å². The van der Waals surface area contributed by atoms with Crippen molar-refractivity contribution in [1.29, 1.82) is 0 Å². The van der Waals surface area contributed by atoms with Crippen LogP contribution in [0, 0.1) is 11.8 Å². The zero-order valence-corrected chi connectivity index (χ0v) is 12.3. The van der Waals surface area contributed by atoms with E-state index in [1.807, 2.05) is 25.1 Å². The van der Waals surface area contributed by atoms with E-state index in [0.29, 0.717) is 30.0 Å². The lowest BCUT2D eigenvalue weighted by Gasteiger charge is -2.06. The summed E-state index contributed by atoms with van der Waals surface area (Å²) in [6.07, 6.45) is -0.161. The number of amides is 1. The van der Waals surface area contributed by atoms with Gasteiger partial charge in [-0.25, -0.2) is 0 Å². The topological polar surface area (TPSA) is 58.4 Å². The van der Waals surface area contributed by atoms with Crippen molar-refractivity contribution in [3.63, 3.8) is 0 Å². The zero-order chi connectivity index (χ0) is 15.5. The van der Waals surface area contributed by atoms with Gasteiger partial charge in [-0.3, -0.25) is 4.79 Å². The molecule has 0 saturated heterocycles. The van der Waals surface area contributed by atoms with Crippen LogP contribution in [0.2, 0.25) is 0 Å². The highest BCUT2D eigenvalue weighted by atomic mass is 16.5. The maximum atomic E-state index is 12.1. The molecule has 1 atom stereocenters. The molecule has 3 rings (SSSR count). The molecule has 1 heterocycles. The molecule has 1 unspecified atom stereocenters. The van der Waals surface area contributed by atoms with Crippen LogP contribution >= 0.6 is 0 Å². The number of fused-ring (bicyclic) bond motifs is 1. The van der Waals surface area contributed by atoms with Crippen molar-refractivity contribution in [2.45, 2.75) is 19.6 Å². The van der Waals surface area contributed by atoms with Crippen LogP contribution in [-0.2, 0) is 0 Å². The molecule has 1 aliphatic rings. The molecule has 0 aromatic heterocycles. The number of carbonyl (C=O) groups is 1. The minimum atomic E-state index is -0.587. The van der Waals surface area contributed by atoms with Crippen LogP contribution in [-0.4, -0.2) is 23.4 Å². The predicted octanol–water partition coefficient (Wildman–Crippen LogP) is 2.94. The summed E-state index contributed by atoms with van der Waals surface area (Å²) in [7, 11) is 0. The molecule has 2 aromatic rings. The predicted molar refractivity (Wildman–Crippen MR) is 82.3 cm³/mol. The molecular formula is C17H17N2O3+. The van der Waals surface area contributed by atoms with Gasteiger partial charge in [0.25, 0.3) is 5.91 Å². The van der Waals surface area contributed by atoms with E-state index >= 15 is 0 Å². The summed E-state index contributed by atoms with van der Waals surface area (Å²) >= 11 is 0. The van der Waals surface area contributed by atoms with Gasteiger partial charge in [-0.15, -0.1) is 0 Å². The van der Waals surface area contributed by atoms with E-state index in [2.05, 4.69) is 5.32 Å². The van der Waals surface area contributed by atoms with E-state index in [4.69, 9.17) is 4.74 Å². The quantitative estimate of drug-likeness (QED) is 0.883. The number of rotatable bonds is 4. The molecule has 1 amide bonds. The average Bonchev–Trinajstić information content (AvgIpc) is 2.85. The van der Waals surface area contributed by atoms with Crippen molar-refractivity contribution in [3.8, 4) is 5.75 Å². The molecule has 2 aromatic carbocycles. The standard InChI is InChI=1S/C17H16N2O3/c1-12-6-8-13(9-7-12)17(20)18-11-10-16-19(21)14-4-2-3-5-15(14)22-16/h2-9,16H,10-11H2,1H3/p+1. The summed E-state index contributed by atoms with van der Waals surface area (Å²) in [5, 5.41) is 2.81. The van der Waals surface area contributed by atoms with Crippen molar-refractivity contribution in [1.82, 2.24) is 5.32 Å². The fourth-order valence-corrected chi connectivity index (χ4v) is 2.38. The molecule has 0 fully saturated rings. The molecular weight excluding hydrogens is 280 g/mol. The molecule has 0 saturated carbocycles. The van der Waals surface area contributed by atoms with Crippen molar-refractivity contribution in [2.24, 2.45) is 0 Å². The molecule has 0 spiro atoms. The van der Waals surface area contributed by atoms with E-state index in [1.54, 1.807) is 30.3 Å². The van der Waals surface area contributed by atoms with Crippen molar-refractivity contribution < 1.29 is 14.3 Å². The van der Waals surface area contributed by atoms with Gasteiger partial charge in [-0.2, -0.15) is 0 Å². The molecule has 0 radical (unpaired) electrons. The summed E-state index contributed by atoms with van der Waals surface area (Å²) < 4.78 is 6.44. The molecule has 112 valence electrons. The number of nitroso groups, excluding NO2 is 1. The van der Waals surface area contributed by atoms with Crippen LogP contribution in [0.15, 0.2) is 48.5 Å². The Balaban J connectivity index is 1.53. The molecule has 1 aliphatic heterocycles. The largest absolute Gasteiger partial charge is 0.423 e. The average molecular weight is 297 g/mol. The molecule has 5 nitrogen and oxygen atoms in total. The number of aryl methyl sites for hydroxylation is 1. The highest BCUT2D eigenvalue weighted by molar-refractivity contribution is 5.94. The van der Waals surface area contributed by atoms with Crippen LogP contribution in [0.1, 0.15) is 22.3 Å². The van der Waals surface area contributed by atoms with Gasteiger partial charge < -0.3 is 10.1 Å². The smallest absolute Gasteiger partial charge is 0.352 e. The third-order valence-electron chi connectivity index (χ3n) is 3.62. The van der Waals surface area contributed by atoms with Gasteiger partial charge in [0, 0.05) is 23.1 Å². The van der Waals surface area contributed by atoms with Crippen LogP contribution in [0.5, 0.6) is 5.75 Å². The number of nitrogens with zero attached hydrogens (tertiary/aromatic N) is 1. The van der Waals surface area contributed by atoms with Gasteiger partial charge in [-0.05, 0) is 25.1 Å². The normalized spacial score (nSPS) is 16.0. The van der Waals surface area contributed by atoms with Crippen LogP contribution in [0.4, 0.5) is 5.69 Å². The van der Waals surface area contributed by atoms with E-state index in [9.17, 15) is 9.70 Å². The maximum Gasteiger partial charge on any atom is 0.352 e. The van der Waals surface area contributed by atoms with Crippen molar-refractivity contribution in [3.05, 3.63) is 64.6 Å². The molecule has 0 aliphatic carbocycles. The zero-order valence-electron chi connectivity index (χ0n) is 12.3. The lowest BCUT2D eigenvalue weighted by atomic mass is 10.1. The van der Waals surface area contributed by atoms with Gasteiger partial charge >= 0.3 is 11.9 Å². The fourth-order valence-electron chi connectivity index (χ4n) is 2.38. The van der Waals surface area contributed by atoms with E-state index in [-0.39, 0.29) is 5.91 Å². The van der Waals surface area contributed by atoms with Gasteiger partial charge in [0.15, 0.2) is 0 Å². The molecule has 1 N–H and O–H groups in total. The summed E-state index contributed by atoms with van der Waals surface area (Å²) in [5.41, 5.74) is 2.26. The van der Waals surface area contributed by atoms with E-state index in [0.717, 1.165) is 10.3 Å². The maximum absolute atomic E-state index is 12.1. The third-order valence-corrected chi connectivity index (χ3v) is 3.62. The minimum absolute atomic E-state index is 0.145. The Morgan fingerprint density at radius 1 is 1.18 bits per heavy atom. The van der Waals surface area contributed by atoms with E-state index < -0.39 is 6.23 Å². The summed E-state index contributed by atoms with van der Waals surface area (Å²) in [6.45, 7) is 2.35. The Bertz CT molecular complexity index is 710. The number of para-hydroxylation sites is 2. The first-order valence-electron chi connectivity index (χ1n) is 7.22. The Hall–Kier alpha value is -2.69. The summed E-state index contributed by atoms with van der Waals surface area (Å²) in [5.74, 6) is 0.445. The first-order valence-corrected chi connectivity index (χ1v) is 7.22. The number of nitrogens with one attached hydrogen (secondary N) is 1. The highest BCUT2D eigenvalue weighted by Gasteiger charge is 2.39. The van der Waals surface area contributed by atoms with Crippen molar-refractivity contribution >= 4 is 11.6 Å². The Morgan fingerprint density at radius 3 is 2.64 bits per heavy atom. The van der Waals surface area contributed by atoms with Gasteiger partial charge in [0.2, 0.25) is 5.75 Å². The molecule has 0 bridgehead atoms. The lowest BCUT2D eigenvalue weighted by molar-refractivity contribution is -0.529. The Kier molecular flexibility index (Phi) is 3.87. The first-order chi connectivity index (χ1) is 10.6. The fraction of sp³-hybridized carbons (Fsp3) is 0.235. The van der Waals surface area contributed by atoms with Crippen molar-refractivity contribution in [2.75, 3.05) is 6.54 Å². The second-order valence-corrected chi connectivity index (χ2v) is 5.28. The number of hydrogen-bond donors (Lipinski definition) is 1. The number of hydrogen-bond acceptors (Lipinski definition) is 3. The van der Waals surface area contributed by atoms with Gasteiger partial charge in [-0.1, -0.05) is 29.8 Å². The number of benzene rings is 2. The second kappa shape index (κ2) is 5.97. The Morgan fingerprint density at radius 2 is 1.91 bits per heavy atom. The van der Waals surface area contributed by atoms with Gasteiger partial charge in [0.1, 0.15) is 0 Å². The minimum Gasteiger partial charge on any atom is -0.423 e. The lowest BCUT2D eigenvalue weighted by Crippen LogP contribution is -2.30. The monoisotopic (exact) mass is 297 g/mol. The van der Waals surface area contributed by atoms with Crippen LogP contribution < -0.4 is 10.1 Å². The van der Waals surface area contributed by atoms with Crippen LogP contribution in [0.3, 0.4) is 0 Å². The Labute approximate surface area is 128 Å².